The number of anilines is 4. The first kappa shape index (κ1) is 17.6. The van der Waals surface area contributed by atoms with Gasteiger partial charge in [-0.2, -0.15) is 10.5 Å². The summed E-state index contributed by atoms with van der Waals surface area (Å²) in [4.78, 5) is 10.4. The summed E-state index contributed by atoms with van der Waals surface area (Å²) in [5.74, 6) is 0. The number of likely N-dealkylation sites (N-methyl/N-ethyl adjacent to an activating group) is 1. The van der Waals surface area contributed by atoms with Crippen molar-refractivity contribution < 1.29 is 4.94 Å². The molecule has 2 aromatic carbocycles. The van der Waals surface area contributed by atoms with Crippen molar-refractivity contribution in [2.75, 3.05) is 43.4 Å². The second-order valence-corrected chi connectivity index (χ2v) is 7.23. The van der Waals surface area contributed by atoms with Crippen LogP contribution in [0.2, 0.25) is 5.02 Å². The highest BCUT2D eigenvalue weighted by Gasteiger charge is 2.27. The number of fused-ring (bicyclic) bond motifs is 2. The van der Waals surface area contributed by atoms with Crippen LogP contribution in [-0.2, 0) is 4.94 Å². The minimum Gasteiger partial charge on any atom is -0.352 e. The Hall–Kier alpha value is -1.83. The number of benzene rings is 2. The molecule has 0 aliphatic carbocycles. The van der Waals surface area contributed by atoms with Gasteiger partial charge in [-0.3, -0.25) is 0 Å². The van der Waals surface area contributed by atoms with E-state index in [0.29, 0.717) is 5.02 Å². The molecule has 0 saturated carbocycles. The van der Waals surface area contributed by atoms with Gasteiger partial charge in [-0.1, -0.05) is 23.7 Å². The maximum atomic E-state index is 6.27. The smallest absolute Gasteiger partial charge is 0.106 e. The molecule has 2 heterocycles. The van der Waals surface area contributed by atoms with E-state index in [-0.39, 0.29) is 6.17 Å². The van der Waals surface area contributed by atoms with Crippen molar-refractivity contribution in [2.24, 2.45) is 0 Å². The minimum absolute atomic E-state index is 0.0740. The fourth-order valence-corrected chi connectivity index (χ4v) is 3.54. The highest BCUT2D eigenvalue weighted by molar-refractivity contribution is 6.31. The molecule has 4 rings (SSSR count). The van der Waals surface area contributed by atoms with Gasteiger partial charge in [-0.25, -0.2) is 4.94 Å². The number of hydrogen-bond acceptors (Lipinski definition) is 6. The third-order valence-corrected chi connectivity index (χ3v) is 5.09. The third-order valence-electron chi connectivity index (χ3n) is 4.85. The summed E-state index contributed by atoms with van der Waals surface area (Å²) in [5, 5.41) is 6.16. The van der Waals surface area contributed by atoms with Crippen molar-refractivity contribution in [1.29, 1.82) is 0 Å². The molecule has 7 heteroatoms. The largest absolute Gasteiger partial charge is 0.352 e. The zero-order valence-corrected chi connectivity index (χ0v) is 15.8. The molecular formula is C19H24ClN5O. The van der Waals surface area contributed by atoms with E-state index < -0.39 is 0 Å². The SMILES string of the molecule is CC(NON1CCN(C)CC1)N1c2ccccc2Nc2ccc(Cl)cc21. The van der Waals surface area contributed by atoms with Crippen LogP contribution in [0, 0.1) is 0 Å². The van der Waals surface area contributed by atoms with E-state index in [9.17, 15) is 0 Å². The van der Waals surface area contributed by atoms with Gasteiger partial charge in [0.25, 0.3) is 0 Å². The molecule has 1 fully saturated rings. The Kier molecular flexibility index (Phi) is 5.02. The number of hydroxylamine groups is 3. The topological polar surface area (TPSA) is 43.0 Å². The average molecular weight is 374 g/mol. The number of rotatable bonds is 4. The Morgan fingerprint density at radius 1 is 1.04 bits per heavy atom. The Bertz CT molecular complexity index is 778. The molecule has 138 valence electrons. The van der Waals surface area contributed by atoms with E-state index >= 15 is 0 Å². The summed E-state index contributed by atoms with van der Waals surface area (Å²) < 4.78 is 0. The van der Waals surface area contributed by atoms with Crippen LogP contribution in [0.4, 0.5) is 22.7 Å². The van der Waals surface area contributed by atoms with Gasteiger partial charge >= 0.3 is 0 Å². The molecule has 2 aliphatic rings. The lowest BCUT2D eigenvalue weighted by molar-refractivity contribution is -0.229. The summed E-state index contributed by atoms with van der Waals surface area (Å²) >= 11 is 6.27. The zero-order chi connectivity index (χ0) is 18.1. The predicted molar refractivity (Wildman–Crippen MR) is 106 cm³/mol. The number of nitrogens with zero attached hydrogens (tertiary/aromatic N) is 3. The molecule has 0 radical (unpaired) electrons. The summed E-state index contributed by atoms with van der Waals surface area (Å²) in [7, 11) is 2.13. The van der Waals surface area contributed by atoms with Crippen molar-refractivity contribution in [3.05, 3.63) is 47.5 Å². The zero-order valence-electron chi connectivity index (χ0n) is 15.1. The lowest BCUT2D eigenvalue weighted by Crippen LogP contribution is -2.50. The summed E-state index contributed by atoms with van der Waals surface area (Å²) in [6.07, 6.45) is -0.0740. The van der Waals surface area contributed by atoms with Gasteiger partial charge in [-0.15, -0.1) is 0 Å². The van der Waals surface area contributed by atoms with Gasteiger partial charge in [0.1, 0.15) is 6.17 Å². The summed E-state index contributed by atoms with van der Waals surface area (Å²) in [6.45, 7) is 5.87. The van der Waals surface area contributed by atoms with Crippen LogP contribution in [0.3, 0.4) is 0 Å². The lowest BCUT2D eigenvalue weighted by atomic mass is 10.1. The molecule has 2 aliphatic heterocycles. The van der Waals surface area contributed by atoms with Crippen LogP contribution < -0.4 is 15.7 Å². The van der Waals surface area contributed by atoms with Crippen molar-refractivity contribution >= 4 is 34.4 Å². The van der Waals surface area contributed by atoms with Gasteiger partial charge < -0.3 is 15.1 Å². The molecule has 1 unspecified atom stereocenters. The van der Waals surface area contributed by atoms with Crippen molar-refractivity contribution in [2.45, 2.75) is 13.1 Å². The Morgan fingerprint density at radius 2 is 1.77 bits per heavy atom. The van der Waals surface area contributed by atoms with Crippen LogP contribution in [-0.4, -0.2) is 49.4 Å². The number of hydrogen-bond donors (Lipinski definition) is 2. The predicted octanol–water partition coefficient (Wildman–Crippen LogP) is 3.56. The van der Waals surface area contributed by atoms with Crippen LogP contribution in [0.5, 0.6) is 0 Å². The first-order valence-electron chi connectivity index (χ1n) is 8.92. The third kappa shape index (κ3) is 3.51. The summed E-state index contributed by atoms with van der Waals surface area (Å²) in [6, 6.07) is 14.1. The van der Waals surface area contributed by atoms with Crippen LogP contribution in [0.25, 0.3) is 0 Å². The molecular weight excluding hydrogens is 350 g/mol. The van der Waals surface area contributed by atoms with Gasteiger partial charge in [0, 0.05) is 31.2 Å². The lowest BCUT2D eigenvalue weighted by Gasteiger charge is -2.39. The van der Waals surface area contributed by atoms with Gasteiger partial charge in [0.15, 0.2) is 0 Å². The number of para-hydroxylation sites is 2. The summed E-state index contributed by atoms with van der Waals surface area (Å²) in [5.41, 5.74) is 7.41. The van der Waals surface area contributed by atoms with Crippen molar-refractivity contribution in [1.82, 2.24) is 15.4 Å². The van der Waals surface area contributed by atoms with E-state index in [1.54, 1.807) is 0 Å². The first-order chi connectivity index (χ1) is 12.6. The molecule has 1 atom stereocenters. The Morgan fingerprint density at radius 3 is 2.58 bits per heavy atom. The van der Waals surface area contributed by atoms with Gasteiger partial charge in [0.05, 0.1) is 22.7 Å². The van der Waals surface area contributed by atoms with E-state index in [2.05, 4.69) is 46.7 Å². The monoisotopic (exact) mass is 373 g/mol. The molecule has 0 aromatic heterocycles. The molecule has 26 heavy (non-hydrogen) atoms. The van der Waals surface area contributed by atoms with E-state index in [1.165, 1.54) is 0 Å². The molecule has 6 nitrogen and oxygen atoms in total. The molecule has 2 aromatic rings. The fraction of sp³-hybridized carbons (Fsp3) is 0.368. The number of nitrogens with one attached hydrogen (secondary N) is 2. The van der Waals surface area contributed by atoms with Crippen LogP contribution in [0.15, 0.2) is 42.5 Å². The maximum absolute atomic E-state index is 6.27. The highest BCUT2D eigenvalue weighted by atomic mass is 35.5. The van der Waals surface area contributed by atoms with Crippen LogP contribution in [0.1, 0.15) is 6.92 Å². The average Bonchev–Trinajstić information content (AvgIpc) is 2.65. The van der Waals surface area contributed by atoms with Gasteiger partial charge in [0.2, 0.25) is 0 Å². The van der Waals surface area contributed by atoms with Crippen molar-refractivity contribution in [3.63, 3.8) is 0 Å². The van der Waals surface area contributed by atoms with Gasteiger partial charge in [-0.05, 0) is 44.3 Å². The fourth-order valence-electron chi connectivity index (χ4n) is 3.37. The molecule has 1 saturated heterocycles. The van der Waals surface area contributed by atoms with E-state index in [4.69, 9.17) is 16.5 Å². The maximum Gasteiger partial charge on any atom is 0.106 e. The second kappa shape index (κ2) is 7.42. The standard InChI is InChI=1S/C19H24ClN5O/c1-14(22-26-24-11-9-23(2)10-12-24)25-18-6-4-3-5-16(18)21-17-8-7-15(20)13-19(17)25/h3-8,13-14,21-22H,9-12H2,1-2H3. The Balaban J connectivity index is 1.55. The minimum atomic E-state index is -0.0740. The molecule has 2 N–H and O–H groups in total. The first-order valence-corrected chi connectivity index (χ1v) is 9.30. The van der Waals surface area contributed by atoms with Crippen LogP contribution >= 0.6 is 11.6 Å². The molecule has 0 bridgehead atoms. The normalized spacial score (nSPS) is 18.8. The number of piperazine rings is 1. The van der Waals surface area contributed by atoms with E-state index in [0.717, 1.165) is 48.9 Å². The van der Waals surface area contributed by atoms with E-state index in [1.807, 2.05) is 35.4 Å². The Labute approximate surface area is 159 Å². The molecule has 0 amide bonds. The second-order valence-electron chi connectivity index (χ2n) is 6.79. The number of halogens is 1. The quantitative estimate of drug-likeness (QED) is 0.799. The van der Waals surface area contributed by atoms with Crippen molar-refractivity contribution in [3.8, 4) is 0 Å². The highest BCUT2D eigenvalue weighted by Crippen LogP contribution is 2.45. The molecule has 0 spiro atoms.